The molecule has 4 heterocycles. The van der Waals surface area contributed by atoms with Gasteiger partial charge in [-0.25, -0.2) is 14.1 Å². The number of hydrogen-bond donors (Lipinski definition) is 1. The summed E-state index contributed by atoms with van der Waals surface area (Å²) in [5.41, 5.74) is 1.83. The molecule has 1 amide bonds. The fourth-order valence-corrected chi connectivity index (χ4v) is 4.16. The summed E-state index contributed by atoms with van der Waals surface area (Å²) in [5.74, 6) is -1.42. The largest absolute Gasteiger partial charge is 0.378 e. The van der Waals surface area contributed by atoms with Gasteiger partial charge in [0.2, 0.25) is 5.43 Å². The van der Waals surface area contributed by atoms with Crippen LogP contribution in [0.1, 0.15) is 21.7 Å². The number of anilines is 2. The minimum atomic E-state index is -0.758. The van der Waals surface area contributed by atoms with Crippen molar-refractivity contribution in [3.63, 3.8) is 0 Å². The number of aryl methyl sites for hydroxylation is 2. The first-order valence-corrected chi connectivity index (χ1v) is 11.7. The van der Waals surface area contributed by atoms with Crippen molar-refractivity contribution in [2.24, 2.45) is 0 Å². The van der Waals surface area contributed by atoms with Gasteiger partial charge in [-0.15, -0.1) is 0 Å². The van der Waals surface area contributed by atoms with Crippen LogP contribution in [0, 0.1) is 19.7 Å². The highest BCUT2D eigenvalue weighted by molar-refractivity contribution is 6.30. The lowest BCUT2D eigenvalue weighted by molar-refractivity contribution is 0.101. The molecule has 184 valence electrons. The van der Waals surface area contributed by atoms with Crippen molar-refractivity contribution in [3.8, 4) is 5.69 Å². The number of carbonyl (C=O) groups is 1. The van der Waals surface area contributed by atoms with Crippen molar-refractivity contribution in [2.75, 3.05) is 36.5 Å². The number of aromatic nitrogens is 4. The van der Waals surface area contributed by atoms with E-state index in [1.165, 1.54) is 23.0 Å². The molecule has 36 heavy (non-hydrogen) atoms. The number of halogens is 2. The summed E-state index contributed by atoms with van der Waals surface area (Å²) >= 11 is 5.92. The first-order valence-electron chi connectivity index (χ1n) is 11.3. The van der Waals surface area contributed by atoms with E-state index in [9.17, 15) is 14.0 Å². The molecule has 1 fully saturated rings. The monoisotopic (exact) mass is 508 g/mol. The number of hydrogen-bond acceptors (Lipinski definition) is 7. The lowest BCUT2D eigenvalue weighted by atomic mass is 10.1. The van der Waals surface area contributed by atoms with Crippen molar-refractivity contribution >= 4 is 39.9 Å². The summed E-state index contributed by atoms with van der Waals surface area (Å²) in [6.45, 7) is 6.18. The molecular formula is C25H22ClFN6O3. The molecule has 0 spiro atoms. The quantitative estimate of drug-likeness (QED) is 0.448. The third-order valence-electron chi connectivity index (χ3n) is 6.02. The van der Waals surface area contributed by atoms with Crippen LogP contribution in [0.3, 0.4) is 0 Å². The summed E-state index contributed by atoms with van der Waals surface area (Å²) < 4.78 is 21.5. The Kier molecular flexibility index (Phi) is 6.38. The Hall–Kier alpha value is -3.89. The molecule has 3 aromatic heterocycles. The predicted molar refractivity (Wildman–Crippen MR) is 135 cm³/mol. The molecule has 4 aromatic rings. The summed E-state index contributed by atoms with van der Waals surface area (Å²) in [5, 5.41) is 7.16. The molecule has 0 radical (unpaired) electrons. The summed E-state index contributed by atoms with van der Waals surface area (Å²) in [6, 6.07) is 7.53. The Morgan fingerprint density at radius 3 is 2.67 bits per heavy atom. The lowest BCUT2D eigenvalue weighted by Crippen LogP contribution is -2.36. The summed E-state index contributed by atoms with van der Waals surface area (Å²) in [4.78, 5) is 37.3. The van der Waals surface area contributed by atoms with Crippen LogP contribution in [0.25, 0.3) is 16.7 Å². The van der Waals surface area contributed by atoms with Crippen LogP contribution in [-0.2, 0) is 4.74 Å². The van der Waals surface area contributed by atoms with Crippen LogP contribution in [0.4, 0.5) is 15.8 Å². The number of amides is 1. The van der Waals surface area contributed by atoms with Gasteiger partial charge in [0.05, 0.1) is 42.5 Å². The third kappa shape index (κ3) is 4.52. The molecule has 1 N–H and O–H groups in total. The van der Waals surface area contributed by atoms with Crippen LogP contribution < -0.4 is 15.6 Å². The minimum absolute atomic E-state index is 0.00722. The van der Waals surface area contributed by atoms with E-state index >= 15 is 0 Å². The van der Waals surface area contributed by atoms with Crippen LogP contribution in [0.15, 0.2) is 47.5 Å². The van der Waals surface area contributed by atoms with Crippen molar-refractivity contribution < 1.29 is 13.9 Å². The van der Waals surface area contributed by atoms with Crippen LogP contribution in [0.5, 0.6) is 0 Å². The number of nitrogens with zero attached hydrogens (tertiary/aromatic N) is 5. The van der Waals surface area contributed by atoms with E-state index in [4.69, 9.17) is 16.3 Å². The van der Waals surface area contributed by atoms with E-state index in [2.05, 4.69) is 25.3 Å². The minimum Gasteiger partial charge on any atom is -0.378 e. The van der Waals surface area contributed by atoms with Gasteiger partial charge in [-0.05, 0) is 49.7 Å². The number of benzene rings is 1. The summed E-state index contributed by atoms with van der Waals surface area (Å²) in [7, 11) is 0. The predicted octanol–water partition coefficient (Wildman–Crippen LogP) is 3.67. The van der Waals surface area contributed by atoms with Gasteiger partial charge in [0.1, 0.15) is 17.0 Å². The first kappa shape index (κ1) is 23.8. The van der Waals surface area contributed by atoms with Gasteiger partial charge in [-0.1, -0.05) is 11.6 Å². The molecule has 9 nitrogen and oxygen atoms in total. The molecule has 1 aromatic carbocycles. The number of ether oxygens (including phenoxy) is 1. The molecule has 0 saturated carbocycles. The standard InChI is InChI=1S/C25H22ClFN6O3/c1-14-9-21-22(29-15(14)2)24(34)23(31-33(21)20-4-3-16(26)10-19(20)27)25(35)30-17-11-18(13-28-12-17)32-5-7-36-8-6-32/h3-4,9-13H,5-8H2,1-2H3,(H,30,35). The second-order valence-corrected chi connectivity index (χ2v) is 8.87. The SMILES string of the molecule is Cc1cc2c(nc1C)c(=O)c(C(=O)Nc1cncc(N3CCOCC3)c1)nn2-c1ccc(Cl)cc1F. The second kappa shape index (κ2) is 9.63. The van der Waals surface area contributed by atoms with E-state index < -0.39 is 22.8 Å². The topological polar surface area (TPSA) is 102 Å². The highest BCUT2D eigenvalue weighted by atomic mass is 35.5. The molecule has 11 heteroatoms. The Balaban J connectivity index is 1.59. The number of pyridine rings is 2. The Morgan fingerprint density at radius 1 is 1.14 bits per heavy atom. The zero-order valence-corrected chi connectivity index (χ0v) is 20.3. The Labute approximate surface area is 210 Å². The lowest BCUT2D eigenvalue weighted by Gasteiger charge is -2.28. The molecule has 1 aliphatic rings. The number of nitrogens with one attached hydrogen (secondary N) is 1. The highest BCUT2D eigenvalue weighted by Crippen LogP contribution is 2.23. The smallest absolute Gasteiger partial charge is 0.280 e. The van der Waals surface area contributed by atoms with Gasteiger partial charge in [-0.3, -0.25) is 14.6 Å². The zero-order valence-electron chi connectivity index (χ0n) is 19.6. The van der Waals surface area contributed by atoms with Crippen molar-refractivity contribution in [1.29, 1.82) is 0 Å². The fraction of sp³-hybridized carbons (Fsp3) is 0.240. The third-order valence-corrected chi connectivity index (χ3v) is 6.25. The van der Waals surface area contributed by atoms with Crippen molar-refractivity contribution in [3.05, 3.63) is 80.7 Å². The van der Waals surface area contributed by atoms with E-state index in [1.54, 1.807) is 25.3 Å². The normalized spacial score (nSPS) is 13.7. The van der Waals surface area contributed by atoms with Crippen LogP contribution >= 0.6 is 11.6 Å². The molecule has 5 rings (SSSR count). The number of fused-ring (bicyclic) bond motifs is 1. The first-order chi connectivity index (χ1) is 17.3. The summed E-state index contributed by atoms with van der Waals surface area (Å²) in [6.07, 6.45) is 3.17. The van der Waals surface area contributed by atoms with E-state index in [0.717, 1.165) is 17.3 Å². The molecule has 0 aliphatic carbocycles. The fourth-order valence-electron chi connectivity index (χ4n) is 4.00. The number of morpholine rings is 1. The Morgan fingerprint density at radius 2 is 1.92 bits per heavy atom. The maximum Gasteiger partial charge on any atom is 0.280 e. The van der Waals surface area contributed by atoms with E-state index in [-0.39, 0.29) is 21.7 Å². The Bertz CT molecular complexity index is 1550. The number of rotatable bonds is 4. The molecule has 0 atom stereocenters. The van der Waals surface area contributed by atoms with Gasteiger partial charge in [0, 0.05) is 23.8 Å². The van der Waals surface area contributed by atoms with Crippen LogP contribution in [-0.4, -0.2) is 52.0 Å². The van der Waals surface area contributed by atoms with Gasteiger partial charge >= 0.3 is 0 Å². The van der Waals surface area contributed by atoms with Gasteiger partial charge < -0.3 is 15.0 Å². The zero-order chi connectivity index (χ0) is 25.4. The average molecular weight is 509 g/mol. The van der Waals surface area contributed by atoms with E-state index in [1.807, 2.05) is 6.92 Å². The molecule has 0 bridgehead atoms. The molecular weight excluding hydrogens is 487 g/mol. The molecule has 1 aliphatic heterocycles. The average Bonchev–Trinajstić information content (AvgIpc) is 2.87. The van der Waals surface area contributed by atoms with Crippen molar-refractivity contribution in [2.45, 2.75) is 13.8 Å². The van der Waals surface area contributed by atoms with E-state index in [0.29, 0.717) is 37.7 Å². The maximum atomic E-state index is 14.9. The van der Waals surface area contributed by atoms with Gasteiger partial charge in [-0.2, -0.15) is 5.10 Å². The van der Waals surface area contributed by atoms with Gasteiger partial charge in [0.25, 0.3) is 5.91 Å². The molecule has 1 saturated heterocycles. The highest BCUT2D eigenvalue weighted by Gasteiger charge is 2.22. The maximum absolute atomic E-state index is 14.9. The second-order valence-electron chi connectivity index (χ2n) is 8.43. The number of carbonyl (C=O) groups excluding carboxylic acids is 1. The van der Waals surface area contributed by atoms with Crippen LogP contribution in [0.2, 0.25) is 5.02 Å². The van der Waals surface area contributed by atoms with Crippen molar-refractivity contribution in [1.82, 2.24) is 19.7 Å². The van der Waals surface area contributed by atoms with Gasteiger partial charge in [0.15, 0.2) is 5.69 Å². The molecule has 0 unspecified atom stereocenters.